The van der Waals surface area contributed by atoms with Gasteiger partial charge in [0, 0.05) is 6.04 Å². The summed E-state index contributed by atoms with van der Waals surface area (Å²) in [6, 6.07) is 0.671. The predicted molar refractivity (Wildman–Crippen MR) is 74.9 cm³/mol. The average molecular weight is 225 g/mol. The number of rotatable bonds is 11. The van der Waals surface area contributed by atoms with Crippen LogP contribution in [0.25, 0.3) is 0 Å². The van der Waals surface area contributed by atoms with Crippen molar-refractivity contribution in [3.05, 3.63) is 12.2 Å². The minimum Gasteiger partial charge on any atom is -0.314 e. The predicted octanol–water partition coefficient (Wildman–Crippen LogP) is 4.68. The van der Waals surface area contributed by atoms with Crippen molar-refractivity contribution in [2.75, 3.05) is 6.54 Å². The van der Waals surface area contributed by atoms with Crippen molar-refractivity contribution in [1.82, 2.24) is 5.32 Å². The summed E-state index contributed by atoms with van der Waals surface area (Å²) in [6.07, 6.45) is 10.3. The van der Waals surface area contributed by atoms with Gasteiger partial charge in [-0.15, -0.1) is 0 Å². The molecule has 1 nitrogen and oxygen atoms in total. The fraction of sp³-hybridized carbons (Fsp3) is 0.867. The molecule has 0 heterocycles. The van der Waals surface area contributed by atoms with Crippen LogP contribution in [0.4, 0.5) is 0 Å². The van der Waals surface area contributed by atoms with Gasteiger partial charge in [-0.3, -0.25) is 0 Å². The quantitative estimate of drug-likeness (QED) is 0.397. The van der Waals surface area contributed by atoms with Crippen molar-refractivity contribution in [1.29, 1.82) is 0 Å². The highest BCUT2D eigenvalue weighted by atomic mass is 14.9. The van der Waals surface area contributed by atoms with Crippen LogP contribution >= 0.6 is 0 Å². The molecular weight excluding hydrogens is 194 g/mol. The van der Waals surface area contributed by atoms with Gasteiger partial charge in [0.25, 0.3) is 0 Å². The molecule has 0 aliphatic carbocycles. The summed E-state index contributed by atoms with van der Waals surface area (Å²) in [5.74, 6) is 0. The summed E-state index contributed by atoms with van der Waals surface area (Å²) >= 11 is 0. The van der Waals surface area contributed by atoms with Crippen LogP contribution in [0.5, 0.6) is 0 Å². The highest BCUT2D eigenvalue weighted by Gasteiger charge is 2.08. The van der Waals surface area contributed by atoms with Crippen LogP contribution < -0.4 is 5.32 Å². The third-order valence-electron chi connectivity index (χ3n) is 3.12. The molecule has 1 unspecified atom stereocenters. The first-order valence-corrected chi connectivity index (χ1v) is 7.14. The molecule has 1 atom stereocenters. The fourth-order valence-electron chi connectivity index (χ4n) is 1.94. The van der Waals surface area contributed by atoms with Gasteiger partial charge in [-0.05, 0) is 32.2 Å². The van der Waals surface area contributed by atoms with E-state index >= 15 is 0 Å². The molecule has 0 aromatic heterocycles. The van der Waals surface area contributed by atoms with E-state index in [4.69, 9.17) is 0 Å². The summed E-state index contributed by atoms with van der Waals surface area (Å²) in [5.41, 5.74) is 1.39. The van der Waals surface area contributed by atoms with E-state index in [0.29, 0.717) is 6.04 Å². The SMILES string of the molecule is C=C(CC)CC(CCCCCC)NCCC. The van der Waals surface area contributed by atoms with E-state index in [1.165, 1.54) is 50.5 Å². The lowest BCUT2D eigenvalue weighted by atomic mass is 9.99. The lowest BCUT2D eigenvalue weighted by Gasteiger charge is -2.19. The molecular formula is C15H31N. The van der Waals surface area contributed by atoms with Gasteiger partial charge in [-0.2, -0.15) is 0 Å². The Morgan fingerprint density at radius 3 is 2.38 bits per heavy atom. The molecule has 0 radical (unpaired) electrons. The Balaban J connectivity index is 3.75. The van der Waals surface area contributed by atoms with E-state index in [1.54, 1.807) is 0 Å². The van der Waals surface area contributed by atoms with Crippen LogP contribution in [-0.4, -0.2) is 12.6 Å². The van der Waals surface area contributed by atoms with E-state index in [9.17, 15) is 0 Å². The summed E-state index contributed by atoms with van der Waals surface area (Å²) in [6.45, 7) is 12.0. The fourth-order valence-corrected chi connectivity index (χ4v) is 1.94. The molecule has 16 heavy (non-hydrogen) atoms. The standard InChI is InChI=1S/C15H31N/c1-5-8-9-10-11-15(16-12-6-2)13-14(4)7-3/h15-16H,4-13H2,1-3H3. The minimum absolute atomic E-state index is 0.671. The first-order chi connectivity index (χ1) is 7.74. The first-order valence-electron chi connectivity index (χ1n) is 7.14. The zero-order valence-corrected chi connectivity index (χ0v) is 11.6. The van der Waals surface area contributed by atoms with Gasteiger partial charge in [-0.1, -0.05) is 58.6 Å². The Morgan fingerprint density at radius 1 is 1.06 bits per heavy atom. The molecule has 0 saturated carbocycles. The molecule has 0 aliphatic rings. The van der Waals surface area contributed by atoms with Crippen LogP contribution in [0.2, 0.25) is 0 Å². The van der Waals surface area contributed by atoms with Crippen LogP contribution in [0.15, 0.2) is 12.2 Å². The molecule has 0 spiro atoms. The van der Waals surface area contributed by atoms with Gasteiger partial charge in [0.1, 0.15) is 0 Å². The minimum atomic E-state index is 0.671. The highest BCUT2D eigenvalue weighted by Crippen LogP contribution is 2.13. The molecule has 1 N–H and O–H groups in total. The summed E-state index contributed by atoms with van der Waals surface area (Å²) in [7, 11) is 0. The van der Waals surface area contributed by atoms with Crippen LogP contribution in [-0.2, 0) is 0 Å². The van der Waals surface area contributed by atoms with Gasteiger partial charge in [0.05, 0.1) is 0 Å². The van der Waals surface area contributed by atoms with Gasteiger partial charge in [-0.25, -0.2) is 0 Å². The Kier molecular flexibility index (Phi) is 11.0. The summed E-state index contributed by atoms with van der Waals surface area (Å²) in [4.78, 5) is 0. The van der Waals surface area contributed by atoms with Crippen molar-refractivity contribution < 1.29 is 0 Å². The Labute approximate surface area is 103 Å². The van der Waals surface area contributed by atoms with Gasteiger partial charge < -0.3 is 5.32 Å². The molecule has 0 amide bonds. The third kappa shape index (κ3) is 8.96. The summed E-state index contributed by atoms with van der Waals surface area (Å²) < 4.78 is 0. The number of nitrogens with one attached hydrogen (secondary N) is 1. The van der Waals surface area contributed by atoms with Crippen molar-refractivity contribution in [3.8, 4) is 0 Å². The Morgan fingerprint density at radius 2 is 1.81 bits per heavy atom. The maximum Gasteiger partial charge on any atom is 0.0104 e. The summed E-state index contributed by atoms with van der Waals surface area (Å²) in [5, 5.41) is 3.65. The normalized spacial score (nSPS) is 12.7. The molecule has 0 rings (SSSR count). The molecule has 0 aromatic rings. The molecule has 0 fully saturated rings. The smallest absolute Gasteiger partial charge is 0.0104 e. The lowest BCUT2D eigenvalue weighted by molar-refractivity contribution is 0.450. The van der Waals surface area contributed by atoms with Crippen molar-refractivity contribution in [2.45, 2.75) is 78.2 Å². The second-order valence-corrected chi connectivity index (χ2v) is 4.81. The Hall–Kier alpha value is -0.300. The largest absolute Gasteiger partial charge is 0.314 e. The van der Waals surface area contributed by atoms with Crippen molar-refractivity contribution in [2.24, 2.45) is 0 Å². The van der Waals surface area contributed by atoms with E-state index < -0.39 is 0 Å². The zero-order valence-electron chi connectivity index (χ0n) is 11.6. The molecule has 0 saturated heterocycles. The average Bonchev–Trinajstić information content (AvgIpc) is 2.30. The molecule has 0 bridgehead atoms. The number of hydrogen-bond acceptors (Lipinski definition) is 1. The molecule has 96 valence electrons. The maximum absolute atomic E-state index is 4.13. The van der Waals surface area contributed by atoms with Crippen LogP contribution in [0, 0.1) is 0 Å². The second-order valence-electron chi connectivity index (χ2n) is 4.81. The first kappa shape index (κ1) is 15.7. The lowest BCUT2D eigenvalue weighted by Crippen LogP contribution is -2.30. The highest BCUT2D eigenvalue weighted by molar-refractivity contribution is 4.96. The zero-order chi connectivity index (χ0) is 12.2. The van der Waals surface area contributed by atoms with E-state index in [2.05, 4.69) is 32.7 Å². The molecule has 0 aromatic carbocycles. The number of unbranched alkanes of at least 4 members (excludes halogenated alkanes) is 3. The topological polar surface area (TPSA) is 12.0 Å². The van der Waals surface area contributed by atoms with Gasteiger partial charge in [0.2, 0.25) is 0 Å². The van der Waals surface area contributed by atoms with Crippen LogP contribution in [0.3, 0.4) is 0 Å². The third-order valence-corrected chi connectivity index (χ3v) is 3.12. The second kappa shape index (κ2) is 11.2. The van der Waals surface area contributed by atoms with Gasteiger partial charge >= 0.3 is 0 Å². The van der Waals surface area contributed by atoms with Crippen LogP contribution in [0.1, 0.15) is 72.1 Å². The molecule has 1 heteroatoms. The Bertz CT molecular complexity index is 163. The number of hydrogen-bond donors (Lipinski definition) is 1. The molecule has 0 aliphatic heterocycles. The van der Waals surface area contributed by atoms with Crippen molar-refractivity contribution >= 4 is 0 Å². The monoisotopic (exact) mass is 225 g/mol. The van der Waals surface area contributed by atoms with E-state index in [-0.39, 0.29) is 0 Å². The maximum atomic E-state index is 4.13. The van der Waals surface area contributed by atoms with Crippen molar-refractivity contribution in [3.63, 3.8) is 0 Å². The van der Waals surface area contributed by atoms with Gasteiger partial charge in [0.15, 0.2) is 0 Å². The van der Waals surface area contributed by atoms with E-state index in [1.807, 2.05) is 0 Å². The van der Waals surface area contributed by atoms with E-state index in [0.717, 1.165) is 13.0 Å².